The zero-order valence-electron chi connectivity index (χ0n) is 17.3. The van der Waals surface area contributed by atoms with Crippen LogP contribution in [0.25, 0.3) is 0 Å². The van der Waals surface area contributed by atoms with Gasteiger partial charge in [0, 0.05) is 17.9 Å². The molecule has 1 rings (SSSR count). The topological polar surface area (TPSA) is 208 Å². The Morgan fingerprint density at radius 2 is 1.33 bits per heavy atom. The van der Waals surface area contributed by atoms with Gasteiger partial charge in [-0.15, -0.1) is 0 Å². The van der Waals surface area contributed by atoms with Crippen molar-refractivity contribution in [1.82, 2.24) is 16.0 Å². The van der Waals surface area contributed by atoms with Crippen LogP contribution in [0.2, 0.25) is 0 Å². The number of hydrogen-bond donors (Lipinski definition) is 9. The zero-order valence-corrected chi connectivity index (χ0v) is 19.1. The average Bonchev–Trinajstić information content (AvgIpc) is 2.76. The highest BCUT2D eigenvalue weighted by Gasteiger charge is 2.30. The van der Waals surface area contributed by atoms with Crippen LogP contribution in [0, 0.1) is 0 Å². The third-order valence-corrected chi connectivity index (χ3v) is 5.11. The minimum absolute atomic E-state index is 0.0266. The van der Waals surface area contributed by atoms with Crippen molar-refractivity contribution in [3.63, 3.8) is 0 Å². The summed E-state index contributed by atoms with van der Waals surface area (Å²) < 4.78 is 0. The number of carbonyl (C=O) groups excluding carboxylic acids is 3. The monoisotopic (exact) mass is 502 g/mol. The minimum Gasteiger partial charge on any atom is -0.508 e. The molecule has 0 bridgehead atoms. The van der Waals surface area contributed by atoms with Gasteiger partial charge in [-0.3, -0.25) is 19.2 Å². The number of nitrogens with two attached hydrogens (primary N) is 1. The molecule has 182 valence electrons. The van der Waals surface area contributed by atoms with E-state index in [1.54, 1.807) is 0 Å². The van der Waals surface area contributed by atoms with E-state index in [9.17, 15) is 34.2 Å². The molecule has 0 aromatic heterocycles. The summed E-state index contributed by atoms with van der Waals surface area (Å²) in [5.74, 6) is -5.57. The van der Waals surface area contributed by atoms with Crippen LogP contribution in [0.4, 0.5) is 0 Å². The molecule has 0 saturated carbocycles. The van der Waals surface area contributed by atoms with Gasteiger partial charge in [0.2, 0.25) is 17.7 Å². The van der Waals surface area contributed by atoms with Crippen LogP contribution < -0.4 is 21.7 Å². The van der Waals surface area contributed by atoms with Gasteiger partial charge in [0.1, 0.15) is 23.9 Å². The predicted octanol–water partition coefficient (Wildman–Crippen LogP) is -1.86. The van der Waals surface area contributed by atoms with E-state index in [4.69, 9.17) is 10.8 Å². The van der Waals surface area contributed by atoms with E-state index in [1.165, 1.54) is 24.3 Å². The number of benzene rings is 1. The van der Waals surface area contributed by atoms with Gasteiger partial charge in [-0.05, 0) is 17.7 Å². The van der Waals surface area contributed by atoms with Crippen LogP contribution >= 0.6 is 25.3 Å². The van der Waals surface area contributed by atoms with Crippen LogP contribution in [-0.2, 0) is 30.4 Å². The molecule has 8 N–H and O–H groups in total. The van der Waals surface area contributed by atoms with Crippen molar-refractivity contribution in [1.29, 1.82) is 0 Å². The number of hydrogen-bond acceptors (Lipinski definition) is 9. The first-order valence-electron chi connectivity index (χ1n) is 9.59. The van der Waals surface area contributed by atoms with Crippen molar-refractivity contribution in [2.24, 2.45) is 5.73 Å². The SMILES string of the molecule is NC(CS)C(=O)NC(CS)C(=O)NC(Cc1ccc(O)cc1)C(=O)NC(CC(=O)O)C(=O)O. The lowest BCUT2D eigenvalue weighted by atomic mass is 10.0. The van der Waals surface area contributed by atoms with Crippen LogP contribution in [-0.4, -0.2) is 80.7 Å². The van der Waals surface area contributed by atoms with E-state index in [0.29, 0.717) is 5.56 Å². The smallest absolute Gasteiger partial charge is 0.326 e. The first-order valence-corrected chi connectivity index (χ1v) is 10.9. The fraction of sp³-hybridized carbons (Fsp3) is 0.421. The lowest BCUT2D eigenvalue weighted by Crippen LogP contribution is -2.58. The van der Waals surface area contributed by atoms with Gasteiger partial charge in [-0.25, -0.2) is 4.79 Å². The molecule has 0 saturated heterocycles. The highest BCUT2D eigenvalue weighted by atomic mass is 32.1. The summed E-state index contributed by atoms with van der Waals surface area (Å²) in [6.45, 7) is 0. The van der Waals surface area contributed by atoms with Gasteiger partial charge >= 0.3 is 11.9 Å². The first kappa shape index (κ1) is 28.1. The van der Waals surface area contributed by atoms with Crippen molar-refractivity contribution in [3.05, 3.63) is 29.8 Å². The Morgan fingerprint density at radius 1 is 0.818 bits per heavy atom. The van der Waals surface area contributed by atoms with Gasteiger partial charge in [0.25, 0.3) is 0 Å². The number of carboxylic acids is 2. The number of carbonyl (C=O) groups is 5. The molecule has 3 amide bonds. The first-order chi connectivity index (χ1) is 15.5. The molecule has 0 radical (unpaired) electrons. The highest BCUT2D eigenvalue weighted by molar-refractivity contribution is 7.80. The number of thiol groups is 2. The van der Waals surface area contributed by atoms with Gasteiger partial charge in [-0.2, -0.15) is 25.3 Å². The second-order valence-corrected chi connectivity index (χ2v) is 7.69. The van der Waals surface area contributed by atoms with E-state index < -0.39 is 60.2 Å². The average molecular weight is 503 g/mol. The number of aliphatic carboxylic acids is 2. The predicted molar refractivity (Wildman–Crippen MR) is 123 cm³/mol. The number of phenolic OH excluding ortho intramolecular Hbond substituents is 1. The molecule has 33 heavy (non-hydrogen) atoms. The number of nitrogens with one attached hydrogen (secondary N) is 3. The van der Waals surface area contributed by atoms with Crippen molar-refractivity contribution in [2.45, 2.75) is 37.0 Å². The van der Waals surface area contributed by atoms with E-state index in [0.717, 1.165) is 0 Å². The third-order valence-electron chi connectivity index (χ3n) is 4.35. The Kier molecular flexibility index (Phi) is 11.5. The van der Waals surface area contributed by atoms with Gasteiger partial charge in [0.15, 0.2) is 0 Å². The summed E-state index contributed by atoms with van der Waals surface area (Å²) in [5.41, 5.74) is 6.07. The molecule has 1 aromatic rings. The number of amides is 3. The van der Waals surface area contributed by atoms with Crippen molar-refractivity contribution in [2.75, 3.05) is 11.5 Å². The normalized spacial score (nSPS) is 14.3. The van der Waals surface area contributed by atoms with Crippen molar-refractivity contribution >= 4 is 54.9 Å². The molecule has 4 atom stereocenters. The standard InChI is InChI=1S/C19H26N4O8S2/c20-11(7-32)16(27)23-14(8-33)18(29)21-12(5-9-1-3-10(24)4-2-9)17(28)22-13(19(30)31)6-15(25)26/h1-4,11-14,24,32-33H,5-8,20H2,(H,21,29)(H,22,28)(H,23,27)(H,25,26)(H,30,31). The molecule has 14 heteroatoms. The zero-order chi connectivity index (χ0) is 25.1. The Balaban J connectivity index is 3.07. The largest absolute Gasteiger partial charge is 0.508 e. The molecule has 0 aliphatic heterocycles. The van der Waals surface area contributed by atoms with Crippen LogP contribution in [0.1, 0.15) is 12.0 Å². The number of carboxylic acid groups (broad SMARTS) is 2. The van der Waals surface area contributed by atoms with E-state index in [-0.39, 0.29) is 23.7 Å². The van der Waals surface area contributed by atoms with Crippen LogP contribution in [0.15, 0.2) is 24.3 Å². The summed E-state index contributed by atoms with van der Waals surface area (Å²) in [5, 5.41) is 34.4. The van der Waals surface area contributed by atoms with Gasteiger partial charge in [0.05, 0.1) is 12.5 Å². The maximum atomic E-state index is 12.8. The summed E-state index contributed by atoms with van der Waals surface area (Å²) in [6, 6.07) is 0.453. The second-order valence-electron chi connectivity index (χ2n) is 6.96. The maximum Gasteiger partial charge on any atom is 0.326 e. The lowest BCUT2D eigenvalue weighted by Gasteiger charge is -2.24. The van der Waals surface area contributed by atoms with Gasteiger partial charge in [-0.1, -0.05) is 12.1 Å². The fourth-order valence-corrected chi connectivity index (χ4v) is 2.98. The Morgan fingerprint density at radius 3 is 1.82 bits per heavy atom. The summed E-state index contributed by atoms with van der Waals surface area (Å²) in [6.07, 6.45) is -1.00. The summed E-state index contributed by atoms with van der Waals surface area (Å²) in [4.78, 5) is 59.7. The highest BCUT2D eigenvalue weighted by Crippen LogP contribution is 2.12. The molecule has 0 aliphatic rings. The molecule has 1 aromatic carbocycles. The van der Waals surface area contributed by atoms with E-state index >= 15 is 0 Å². The molecule has 12 nitrogen and oxygen atoms in total. The lowest BCUT2D eigenvalue weighted by molar-refractivity contribution is -0.147. The fourth-order valence-electron chi connectivity index (χ4n) is 2.55. The summed E-state index contributed by atoms with van der Waals surface area (Å²) >= 11 is 7.93. The van der Waals surface area contributed by atoms with Crippen molar-refractivity contribution in [3.8, 4) is 5.75 Å². The van der Waals surface area contributed by atoms with Gasteiger partial charge < -0.3 is 37.0 Å². The number of phenols is 1. The van der Waals surface area contributed by atoms with E-state index in [2.05, 4.69) is 41.2 Å². The third kappa shape index (κ3) is 9.59. The Hall–Kier alpha value is -2.97. The second kappa shape index (κ2) is 13.5. The molecule has 0 fully saturated rings. The van der Waals surface area contributed by atoms with Crippen molar-refractivity contribution < 1.29 is 39.3 Å². The quantitative estimate of drug-likeness (QED) is 0.138. The van der Waals surface area contributed by atoms with Crippen LogP contribution in [0.3, 0.4) is 0 Å². The number of rotatable bonds is 13. The maximum absolute atomic E-state index is 12.8. The summed E-state index contributed by atoms with van der Waals surface area (Å²) in [7, 11) is 0. The molecule has 0 aliphatic carbocycles. The Labute approximate surface area is 200 Å². The molecule has 0 heterocycles. The number of aromatic hydroxyl groups is 1. The van der Waals surface area contributed by atoms with Crippen LogP contribution in [0.5, 0.6) is 5.75 Å². The molecule has 4 unspecified atom stereocenters. The molecule has 0 spiro atoms. The van der Waals surface area contributed by atoms with E-state index in [1.807, 2.05) is 0 Å². The Bertz CT molecular complexity index is 868. The molecular formula is C19H26N4O8S2. The molecular weight excluding hydrogens is 476 g/mol. The minimum atomic E-state index is -1.73.